The molecule has 1 aliphatic rings. The molecule has 1 aromatic rings. The first kappa shape index (κ1) is 13.9. The van der Waals surface area contributed by atoms with Crippen molar-refractivity contribution >= 4 is 11.6 Å². The van der Waals surface area contributed by atoms with Gasteiger partial charge in [-0.2, -0.15) is 0 Å². The first-order valence-corrected chi connectivity index (χ1v) is 6.97. The first-order chi connectivity index (χ1) is 9.29. The highest BCUT2D eigenvalue weighted by Crippen LogP contribution is 2.15. The van der Waals surface area contributed by atoms with Crippen molar-refractivity contribution in [1.29, 1.82) is 0 Å². The molecule has 0 spiro atoms. The van der Waals surface area contributed by atoms with Crippen LogP contribution in [0.25, 0.3) is 0 Å². The van der Waals surface area contributed by atoms with E-state index in [2.05, 4.69) is 10.6 Å². The van der Waals surface area contributed by atoms with Gasteiger partial charge in [-0.1, -0.05) is 0 Å². The Hall–Kier alpha value is -1.55. The topological polar surface area (TPSA) is 50.4 Å². The third-order valence-corrected chi connectivity index (χ3v) is 3.46. The van der Waals surface area contributed by atoms with Crippen molar-refractivity contribution < 1.29 is 9.53 Å². The van der Waals surface area contributed by atoms with Crippen LogP contribution in [0.15, 0.2) is 24.3 Å². The van der Waals surface area contributed by atoms with E-state index in [4.69, 9.17) is 4.74 Å². The number of nitrogens with one attached hydrogen (secondary N) is 2. The lowest BCUT2D eigenvalue weighted by Gasteiger charge is -2.22. The van der Waals surface area contributed by atoms with Gasteiger partial charge in [0.2, 0.25) is 0 Å². The second kappa shape index (κ2) is 7.14. The number of amides is 1. The monoisotopic (exact) mass is 262 g/mol. The van der Waals surface area contributed by atoms with E-state index >= 15 is 0 Å². The Morgan fingerprint density at radius 2 is 2.11 bits per heavy atom. The van der Waals surface area contributed by atoms with Gasteiger partial charge >= 0.3 is 0 Å². The fourth-order valence-corrected chi connectivity index (χ4v) is 2.27. The maximum atomic E-state index is 11.9. The van der Waals surface area contributed by atoms with Gasteiger partial charge in [0, 0.05) is 31.5 Å². The summed E-state index contributed by atoms with van der Waals surface area (Å²) in [5, 5.41) is 5.98. The van der Waals surface area contributed by atoms with Gasteiger partial charge in [0.25, 0.3) is 5.91 Å². The van der Waals surface area contributed by atoms with Crippen molar-refractivity contribution in [2.75, 3.05) is 25.5 Å². The summed E-state index contributed by atoms with van der Waals surface area (Å²) >= 11 is 0. The lowest BCUT2D eigenvalue weighted by Crippen LogP contribution is -2.29. The van der Waals surface area contributed by atoms with E-state index < -0.39 is 0 Å². The Bertz CT molecular complexity index is 397. The van der Waals surface area contributed by atoms with Crippen molar-refractivity contribution in [2.24, 2.45) is 0 Å². The highest BCUT2D eigenvalue weighted by atomic mass is 16.5. The summed E-state index contributed by atoms with van der Waals surface area (Å²) in [6.07, 6.45) is 4.75. The molecule has 1 saturated heterocycles. The van der Waals surface area contributed by atoms with Crippen LogP contribution in [0.4, 0.5) is 5.69 Å². The molecule has 1 aliphatic heterocycles. The fraction of sp³-hybridized carbons (Fsp3) is 0.533. The average Bonchev–Trinajstić information content (AvgIpc) is 2.48. The minimum atomic E-state index is -0.0153. The summed E-state index contributed by atoms with van der Waals surface area (Å²) in [5.41, 5.74) is 1.70. The van der Waals surface area contributed by atoms with Crippen molar-refractivity contribution in [3.05, 3.63) is 29.8 Å². The van der Waals surface area contributed by atoms with Crippen LogP contribution in [0.2, 0.25) is 0 Å². The third kappa shape index (κ3) is 4.24. The quantitative estimate of drug-likeness (QED) is 0.857. The molecule has 0 aliphatic carbocycles. The lowest BCUT2D eigenvalue weighted by molar-refractivity contribution is 0.0117. The predicted molar refractivity (Wildman–Crippen MR) is 76.5 cm³/mol. The van der Waals surface area contributed by atoms with Crippen LogP contribution in [0.3, 0.4) is 0 Å². The summed E-state index contributed by atoms with van der Waals surface area (Å²) < 4.78 is 5.64. The number of anilines is 1. The molecular formula is C15H22N2O2. The molecule has 0 bridgehead atoms. The van der Waals surface area contributed by atoms with Crippen LogP contribution < -0.4 is 10.6 Å². The summed E-state index contributed by atoms with van der Waals surface area (Å²) in [6, 6.07) is 7.47. The molecule has 2 N–H and O–H groups in total. The molecule has 19 heavy (non-hydrogen) atoms. The van der Waals surface area contributed by atoms with Crippen LogP contribution in [0.1, 0.15) is 36.0 Å². The van der Waals surface area contributed by atoms with Crippen LogP contribution in [-0.2, 0) is 4.74 Å². The second-order valence-corrected chi connectivity index (χ2v) is 4.86. The van der Waals surface area contributed by atoms with Crippen LogP contribution in [0, 0.1) is 0 Å². The molecule has 1 atom stereocenters. The van der Waals surface area contributed by atoms with Gasteiger partial charge < -0.3 is 15.4 Å². The molecule has 1 amide bonds. The second-order valence-electron chi connectivity index (χ2n) is 4.86. The van der Waals surface area contributed by atoms with E-state index in [1.54, 1.807) is 0 Å². The predicted octanol–water partition coefficient (Wildman–Crippen LogP) is 2.42. The molecule has 0 radical (unpaired) electrons. The zero-order valence-corrected chi connectivity index (χ0v) is 11.4. The molecule has 1 heterocycles. The van der Waals surface area contributed by atoms with E-state index in [0.717, 1.165) is 25.1 Å². The number of hydrogen-bond acceptors (Lipinski definition) is 3. The minimum Gasteiger partial charge on any atom is -0.388 e. The molecule has 0 saturated carbocycles. The Morgan fingerprint density at radius 1 is 1.32 bits per heavy atom. The lowest BCUT2D eigenvalue weighted by atomic mass is 10.1. The zero-order chi connectivity index (χ0) is 13.5. The largest absolute Gasteiger partial charge is 0.388 e. The van der Waals surface area contributed by atoms with E-state index in [-0.39, 0.29) is 5.91 Å². The summed E-state index contributed by atoms with van der Waals surface area (Å²) in [5.74, 6) is -0.0153. The van der Waals surface area contributed by atoms with E-state index in [9.17, 15) is 4.79 Å². The van der Waals surface area contributed by atoms with Gasteiger partial charge in [-0.3, -0.25) is 4.79 Å². The van der Waals surface area contributed by atoms with Gasteiger partial charge in [-0.25, -0.2) is 0 Å². The number of hydrogen-bond donors (Lipinski definition) is 2. The van der Waals surface area contributed by atoms with Crippen molar-refractivity contribution in [1.82, 2.24) is 5.32 Å². The zero-order valence-electron chi connectivity index (χ0n) is 11.4. The van der Waals surface area contributed by atoms with E-state index in [0.29, 0.717) is 18.2 Å². The average molecular weight is 262 g/mol. The maximum absolute atomic E-state index is 11.9. The Morgan fingerprint density at radius 3 is 2.74 bits per heavy atom. The van der Waals surface area contributed by atoms with Gasteiger partial charge in [-0.15, -0.1) is 0 Å². The number of benzene rings is 1. The number of ether oxygens (including phenoxy) is 1. The molecule has 4 heteroatoms. The van der Waals surface area contributed by atoms with Crippen LogP contribution in [-0.4, -0.2) is 32.2 Å². The Balaban J connectivity index is 1.73. The number of carbonyl (C=O) groups excluding carboxylic acids is 1. The molecule has 0 aromatic heterocycles. The van der Waals surface area contributed by atoms with E-state index in [1.807, 2.05) is 31.3 Å². The fourth-order valence-electron chi connectivity index (χ4n) is 2.27. The van der Waals surface area contributed by atoms with Crippen molar-refractivity contribution in [3.63, 3.8) is 0 Å². The smallest absolute Gasteiger partial charge is 0.251 e. The minimum absolute atomic E-state index is 0.0153. The van der Waals surface area contributed by atoms with Gasteiger partial charge in [-0.05, 0) is 49.9 Å². The van der Waals surface area contributed by atoms with Gasteiger partial charge in [0.05, 0.1) is 6.10 Å². The molecule has 104 valence electrons. The molecule has 1 aromatic carbocycles. The SMILES string of the molecule is CNc1ccc(C(=O)NCCC2CCCCO2)cc1. The maximum Gasteiger partial charge on any atom is 0.251 e. The third-order valence-electron chi connectivity index (χ3n) is 3.46. The molecule has 2 rings (SSSR count). The Labute approximate surface area is 114 Å². The Kier molecular flexibility index (Phi) is 5.21. The van der Waals surface area contributed by atoms with Gasteiger partial charge in [0.1, 0.15) is 0 Å². The van der Waals surface area contributed by atoms with Gasteiger partial charge in [0.15, 0.2) is 0 Å². The molecule has 4 nitrogen and oxygen atoms in total. The highest BCUT2D eigenvalue weighted by molar-refractivity contribution is 5.94. The number of rotatable bonds is 5. The summed E-state index contributed by atoms with van der Waals surface area (Å²) in [7, 11) is 1.86. The van der Waals surface area contributed by atoms with Crippen molar-refractivity contribution in [2.45, 2.75) is 31.8 Å². The summed E-state index contributed by atoms with van der Waals surface area (Å²) in [4.78, 5) is 11.9. The van der Waals surface area contributed by atoms with E-state index in [1.165, 1.54) is 12.8 Å². The standard InChI is InChI=1S/C15H22N2O2/c1-16-13-7-5-12(6-8-13)15(18)17-10-9-14-4-2-3-11-19-14/h5-8,14,16H,2-4,9-11H2,1H3,(H,17,18). The molecule has 1 unspecified atom stereocenters. The summed E-state index contributed by atoms with van der Waals surface area (Å²) in [6.45, 7) is 1.54. The first-order valence-electron chi connectivity index (χ1n) is 6.97. The van der Waals surface area contributed by atoms with Crippen LogP contribution >= 0.6 is 0 Å². The number of carbonyl (C=O) groups is 1. The highest BCUT2D eigenvalue weighted by Gasteiger charge is 2.13. The van der Waals surface area contributed by atoms with Crippen LogP contribution in [0.5, 0.6) is 0 Å². The van der Waals surface area contributed by atoms with Crippen molar-refractivity contribution in [3.8, 4) is 0 Å². The normalized spacial score (nSPS) is 18.9. The molecule has 1 fully saturated rings. The molecular weight excluding hydrogens is 240 g/mol.